The zero-order valence-electron chi connectivity index (χ0n) is 21.6. The van der Waals surface area contributed by atoms with Crippen LogP contribution in [0, 0.1) is 6.92 Å². The molecule has 7 N–H and O–H groups in total. The van der Waals surface area contributed by atoms with Gasteiger partial charge in [-0.1, -0.05) is 17.4 Å². The number of thiazole rings is 1. The van der Waals surface area contributed by atoms with Gasteiger partial charge in [0.1, 0.15) is 0 Å². The Morgan fingerprint density at radius 1 is 1.15 bits per heavy atom. The van der Waals surface area contributed by atoms with Gasteiger partial charge in [0, 0.05) is 49.0 Å². The molecule has 0 radical (unpaired) electrons. The van der Waals surface area contributed by atoms with Crippen molar-refractivity contribution in [3.8, 4) is 0 Å². The zero-order valence-corrected chi connectivity index (χ0v) is 22.4. The van der Waals surface area contributed by atoms with E-state index in [-0.39, 0.29) is 11.3 Å². The van der Waals surface area contributed by atoms with E-state index in [9.17, 15) is 18.0 Å². The van der Waals surface area contributed by atoms with E-state index < -0.39 is 17.6 Å². The summed E-state index contributed by atoms with van der Waals surface area (Å²) in [4.78, 5) is 21.8. The SMILES string of the molecule is Cc1ccc(C(=O)Nc2cc(N3CCCN(C)CC3)cc(C(F)(F)F)c2)cc1N(N)/C=C(\N)c1cnc(N)s1. The Hall–Kier alpha value is -3.81. The highest BCUT2D eigenvalue weighted by Crippen LogP contribution is 2.35. The second-order valence-corrected chi connectivity index (χ2v) is 10.5. The second kappa shape index (κ2) is 11.5. The van der Waals surface area contributed by atoms with Crippen LogP contribution in [-0.2, 0) is 6.18 Å². The number of nitrogen functional groups attached to an aromatic ring is 1. The molecule has 208 valence electrons. The van der Waals surface area contributed by atoms with Crippen molar-refractivity contribution in [1.29, 1.82) is 0 Å². The number of anilines is 4. The number of carbonyl (C=O) groups excluding carboxylic acids is 1. The molecule has 39 heavy (non-hydrogen) atoms. The summed E-state index contributed by atoms with van der Waals surface area (Å²) in [5.41, 5.74) is 13.2. The number of nitrogens with zero attached hydrogens (tertiary/aromatic N) is 4. The third-order valence-corrected chi connectivity index (χ3v) is 7.30. The highest BCUT2D eigenvalue weighted by Gasteiger charge is 2.32. The summed E-state index contributed by atoms with van der Waals surface area (Å²) in [6.45, 7) is 4.62. The van der Waals surface area contributed by atoms with Gasteiger partial charge in [-0.3, -0.25) is 9.80 Å². The maximum Gasteiger partial charge on any atom is 0.416 e. The molecule has 1 aromatic heterocycles. The topological polar surface area (TPSA) is 130 Å². The Labute approximate surface area is 228 Å². The van der Waals surface area contributed by atoms with Crippen molar-refractivity contribution in [3.63, 3.8) is 0 Å². The summed E-state index contributed by atoms with van der Waals surface area (Å²) in [6, 6.07) is 8.48. The number of carbonyl (C=O) groups is 1. The summed E-state index contributed by atoms with van der Waals surface area (Å²) in [6.07, 6.45) is -0.728. The molecule has 1 fully saturated rings. The van der Waals surface area contributed by atoms with Gasteiger partial charge in [-0.2, -0.15) is 13.2 Å². The molecular weight excluding hydrogens is 529 g/mol. The fraction of sp³-hybridized carbons (Fsp3) is 0.308. The number of nitrogens with one attached hydrogen (secondary N) is 1. The molecule has 2 aromatic carbocycles. The van der Waals surface area contributed by atoms with Crippen LogP contribution in [0.2, 0.25) is 0 Å². The molecule has 0 bridgehead atoms. The summed E-state index contributed by atoms with van der Waals surface area (Å²) in [5, 5.41) is 4.27. The molecule has 0 atom stereocenters. The Bertz CT molecular complexity index is 1370. The largest absolute Gasteiger partial charge is 0.416 e. The van der Waals surface area contributed by atoms with Crippen LogP contribution in [-0.4, -0.2) is 49.0 Å². The average molecular weight is 561 g/mol. The zero-order chi connectivity index (χ0) is 28.3. The number of likely N-dealkylation sites (N-methyl/N-ethyl adjacent to an activating group) is 1. The van der Waals surface area contributed by atoms with Gasteiger partial charge < -0.3 is 26.6 Å². The molecule has 3 aromatic rings. The van der Waals surface area contributed by atoms with Crippen LogP contribution in [0.1, 0.15) is 32.8 Å². The molecule has 9 nitrogen and oxygen atoms in total. The van der Waals surface area contributed by atoms with Crippen molar-refractivity contribution >= 4 is 45.1 Å². The number of aromatic nitrogens is 1. The van der Waals surface area contributed by atoms with Gasteiger partial charge in [0.25, 0.3) is 5.91 Å². The van der Waals surface area contributed by atoms with Crippen LogP contribution in [0.4, 0.5) is 35.4 Å². The number of amides is 1. The number of hydrogen-bond acceptors (Lipinski definition) is 9. The lowest BCUT2D eigenvalue weighted by atomic mass is 10.1. The van der Waals surface area contributed by atoms with E-state index in [1.807, 2.05) is 18.9 Å². The summed E-state index contributed by atoms with van der Waals surface area (Å²) >= 11 is 1.20. The highest BCUT2D eigenvalue weighted by atomic mass is 32.1. The number of halogens is 3. The van der Waals surface area contributed by atoms with Crippen LogP contribution in [0.3, 0.4) is 0 Å². The van der Waals surface area contributed by atoms with E-state index in [4.69, 9.17) is 17.3 Å². The van der Waals surface area contributed by atoms with E-state index in [0.717, 1.165) is 37.2 Å². The fourth-order valence-corrected chi connectivity index (χ4v) is 4.88. The van der Waals surface area contributed by atoms with E-state index in [0.29, 0.717) is 40.2 Å². The summed E-state index contributed by atoms with van der Waals surface area (Å²) < 4.78 is 41.2. The molecule has 4 rings (SSSR count). The first-order chi connectivity index (χ1) is 18.4. The maximum atomic E-state index is 13.7. The Morgan fingerprint density at radius 3 is 2.62 bits per heavy atom. The Morgan fingerprint density at radius 2 is 1.92 bits per heavy atom. The summed E-state index contributed by atoms with van der Waals surface area (Å²) in [5.74, 6) is 5.65. The van der Waals surface area contributed by atoms with Crippen molar-refractivity contribution in [2.45, 2.75) is 19.5 Å². The van der Waals surface area contributed by atoms with Crippen molar-refractivity contribution in [2.75, 3.05) is 54.2 Å². The van der Waals surface area contributed by atoms with Gasteiger partial charge in [0.05, 0.1) is 21.8 Å². The quantitative estimate of drug-likeness (QED) is 0.262. The number of benzene rings is 2. The Balaban J connectivity index is 1.59. The van der Waals surface area contributed by atoms with Gasteiger partial charge in [-0.05, 0) is 62.8 Å². The molecule has 1 aliphatic heterocycles. The average Bonchev–Trinajstić information content (AvgIpc) is 3.19. The van der Waals surface area contributed by atoms with E-state index in [2.05, 4.69) is 15.2 Å². The standard InChI is InChI=1S/C26H31F3N8OS/c1-16-4-5-17(10-22(16)37(32)15-21(30)23-14-33-25(31)39-23)24(38)34-19-11-18(26(27,28)29)12-20(13-19)36-7-3-6-35(2)8-9-36/h4-5,10-15H,3,6-9,30,32H2,1-2H3,(H2,31,33)(H,34,38)/b21-15-. The lowest BCUT2D eigenvalue weighted by molar-refractivity contribution is -0.137. The number of hydrazine groups is 1. The number of nitrogens with two attached hydrogens (primary N) is 3. The monoisotopic (exact) mass is 560 g/mol. The van der Waals surface area contributed by atoms with Crippen LogP contribution < -0.4 is 32.5 Å². The maximum absolute atomic E-state index is 13.7. The van der Waals surface area contributed by atoms with Crippen LogP contribution in [0.5, 0.6) is 0 Å². The van der Waals surface area contributed by atoms with Crippen molar-refractivity contribution < 1.29 is 18.0 Å². The van der Waals surface area contributed by atoms with Crippen molar-refractivity contribution in [3.05, 3.63) is 70.4 Å². The van der Waals surface area contributed by atoms with Crippen LogP contribution >= 0.6 is 11.3 Å². The molecule has 1 saturated heterocycles. The normalized spacial score (nSPS) is 15.2. The number of alkyl halides is 3. The predicted molar refractivity (Wildman–Crippen MR) is 150 cm³/mol. The molecule has 1 aliphatic rings. The van der Waals surface area contributed by atoms with Crippen molar-refractivity contribution in [1.82, 2.24) is 9.88 Å². The smallest absolute Gasteiger partial charge is 0.396 e. The van der Waals surface area contributed by atoms with E-state index >= 15 is 0 Å². The third-order valence-electron chi connectivity index (χ3n) is 6.42. The number of aryl methyl sites for hydroxylation is 1. The first-order valence-electron chi connectivity index (χ1n) is 12.2. The molecule has 13 heteroatoms. The van der Waals surface area contributed by atoms with Crippen LogP contribution in [0.25, 0.3) is 5.70 Å². The molecular formula is C26H31F3N8OS. The van der Waals surface area contributed by atoms with E-state index in [1.165, 1.54) is 28.7 Å². The number of hydrogen-bond donors (Lipinski definition) is 4. The number of rotatable bonds is 6. The van der Waals surface area contributed by atoms with Crippen molar-refractivity contribution in [2.24, 2.45) is 11.6 Å². The van der Waals surface area contributed by atoms with E-state index in [1.54, 1.807) is 24.3 Å². The first kappa shape index (κ1) is 28.2. The molecule has 0 aliphatic carbocycles. The highest BCUT2D eigenvalue weighted by molar-refractivity contribution is 7.16. The molecule has 0 saturated carbocycles. The van der Waals surface area contributed by atoms with Crippen LogP contribution in [0.15, 0.2) is 48.8 Å². The minimum absolute atomic E-state index is 0.0566. The first-order valence-corrected chi connectivity index (χ1v) is 13.0. The third kappa shape index (κ3) is 6.99. The fourth-order valence-electron chi connectivity index (χ4n) is 4.27. The lowest BCUT2D eigenvalue weighted by Gasteiger charge is -2.25. The molecule has 2 heterocycles. The van der Waals surface area contributed by atoms with Gasteiger partial charge in [-0.25, -0.2) is 10.8 Å². The molecule has 0 spiro atoms. The van der Waals surface area contributed by atoms with Gasteiger partial charge >= 0.3 is 6.18 Å². The lowest BCUT2D eigenvalue weighted by Crippen LogP contribution is -2.29. The predicted octanol–water partition coefficient (Wildman–Crippen LogP) is 4.08. The minimum atomic E-state index is -4.57. The summed E-state index contributed by atoms with van der Waals surface area (Å²) in [7, 11) is 1.99. The second-order valence-electron chi connectivity index (χ2n) is 9.42. The van der Waals surface area contributed by atoms with Gasteiger partial charge in [0.2, 0.25) is 0 Å². The minimum Gasteiger partial charge on any atom is -0.396 e. The van der Waals surface area contributed by atoms with Gasteiger partial charge in [-0.15, -0.1) is 0 Å². The molecule has 0 unspecified atom stereocenters. The Kier molecular flexibility index (Phi) is 8.33. The molecule has 1 amide bonds. The van der Waals surface area contributed by atoms with Gasteiger partial charge in [0.15, 0.2) is 5.13 Å².